The highest BCUT2D eigenvalue weighted by molar-refractivity contribution is 5.95. The highest BCUT2D eigenvalue weighted by Crippen LogP contribution is 2.38. The molecule has 0 radical (unpaired) electrons. The molecule has 1 saturated heterocycles. The minimum absolute atomic E-state index is 0.0767. The van der Waals surface area contributed by atoms with Crippen LogP contribution in [0.25, 0.3) is 10.9 Å². The number of nitrogens with one attached hydrogen (secondary N) is 2. The molecule has 1 aliphatic heterocycles. The molecule has 0 saturated carbocycles. The van der Waals surface area contributed by atoms with Crippen molar-refractivity contribution in [2.45, 2.75) is 63.2 Å². The van der Waals surface area contributed by atoms with Gasteiger partial charge in [-0.1, -0.05) is 24.3 Å². The van der Waals surface area contributed by atoms with Crippen molar-refractivity contribution < 1.29 is 92.0 Å². The largest absolute Gasteiger partial charge is 0.490 e. The van der Waals surface area contributed by atoms with E-state index in [1.54, 1.807) is 12.1 Å². The van der Waals surface area contributed by atoms with Crippen LogP contribution in [0.2, 0.25) is 0 Å². The zero-order valence-corrected chi connectivity index (χ0v) is 31.0. The fraction of sp³-hybridized carbons (Fsp3) is 0.324. The predicted octanol–water partition coefficient (Wildman–Crippen LogP) is 7.70. The summed E-state index contributed by atoms with van der Waals surface area (Å²) in [6.07, 6.45) is -20.4. The number of aromatic nitrogens is 1. The number of hydrogen-bond acceptors (Lipinski definition) is 8. The number of carboxylic acid groups (broad SMARTS) is 2. The Labute approximate surface area is 335 Å². The summed E-state index contributed by atoms with van der Waals surface area (Å²) >= 11 is 0. The van der Waals surface area contributed by atoms with Crippen LogP contribution in [0.1, 0.15) is 51.1 Å². The van der Waals surface area contributed by atoms with Crippen molar-refractivity contribution in [3.63, 3.8) is 0 Å². The Bertz CT molecular complexity index is 2170. The number of para-hydroxylation sites is 1. The molecule has 0 bridgehead atoms. The summed E-state index contributed by atoms with van der Waals surface area (Å²) in [6, 6.07) is 17.3. The van der Waals surface area contributed by atoms with E-state index >= 15 is 0 Å². The Hall–Kier alpha value is -6.17. The summed E-state index contributed by atoms with van der Waals surface area (Å²) in [5.41, 5.74) is -0.181. The van der Waals surface area contributed by atoms with Crippen LogP contribution in [0, 0.1) is 6.92 Å². The van der Waals surface area contributed by atoms with Crippen molar-refractivity contribution in [2.75, 3.05) is 13.1 Å². The third kappa shape index (κ3) is 14.5. The Kier molecular flexibility index (Phi) is 15.7. The summed E-state index contributed by atoms with van der Waals surface area (Å²) in [5.74, 6) is -6.44. The summed E-state index contributed by atoms with van der Waals surface area (Å²) in [7, 11) is 0. The number of benzene rings is 3. The summed E-state index contributed by atoms with van der Waals surface area (Å²) in [4.78, 5) is 49.3. The second kappa shape index (κ2) is 19.5. The van der Waals surface area contributed by atoms with Crippen LogP contribution in [0.15, 0.2) is 72.8 Å². The number of carbonyl (C=O) groups excluding carboxylic acids is 2. The quantitative estimate of drug-likeness (QED) is 0.0636. The Morgan fingerprint density at radius 3 is 1.89 bits per heavy atom. The highest BCUT2D eigenvalue weighted by atomic mass is 19.4. The number of carbonyl (C=O) groups is 4. The van der Waals surface area contributed by atoms with E-state index in [1.165, 1.54) is 22.5 Å². The average molecular weight is 889 g/mol. The molecule has 5 rings (SSSR count). The number of rotatable bonds is 9. The Morgan fingerprint density at radius 1 is 0.787 bits per heavy atom. The molecule has 24 heteroatoms. The van der Waals surface area contributed by atoms with E-state index in [4.69, 9.17) is 29.7 Å². The number of halogens is 12. The molecule has 1 aromatic heterocycles. The van der Waals surface area contributed by atoms with Crippen LogP contribution in [0.4, 0.5) is 52.7 Å². The normalized spacial score (nSPS) is 15.8. The second-order valence-corrected chi connectivity index (χ2v) is 13.1. The Morgan fingerprint density at radius 2 is 1.36 bits per heavy atom. The smallest absolute Gasteiger partial charge is 0.489 e. The molecule has 2 heterocycles. The third-order valence-corrected chi connectivity index (χ3v) is 8.50. The average Bonchev–Trinajstić information content (AvgIpc) is 3.53. The molecule has 1 unspecified atom stereocenters. The topological polar surface area (TPSA) is 178 Å². The van der Waals surface area contributed by atoms with Gasteiger partial charge in [0.25, 0.3) is 5.91 Å². The number of hydroxylamine groups is 1. The van der Waals surface area contributed by atoms with Crippen LogP contribution in [-0.4, -0.2) is 80.0 Å². The number of ether oxygens (including phenoxy) is 1. The SMILES string of the molecule is Cc1cc(COc2ccc(C(=O)NC3(CC(=O)NO)CCN(Cc4ccc(C(F)(F)F)cc4C(F)(F)F)C3)cc2)c2ccccc2n1.O=C(O)C(F)(F)F.O=C(O)C(F)(F)F. The lowest BCUT2D eigenvalue weighted by Crippen LogP contribution is -2.52. The molecule has 1 aliphatic rings. The zero-order valence-electron chi connectivity index (χ0n) is 31.0. The molecule has 1 atom stereocenters. The number of likely N-dealkylation sites (tertiary alicyclic amines) is 1. The van der Waals surface area contributed by atoms with Crippen molar-refractivity contribution in [1.82, 2.24) is 20.7 Å². The van der Waals surface area contributed by atoms with E-state index in [2.05, 4.69) is 10.3 Å². The first kappa shape index (κ1) is 49.2. The molecule has 2 amide bonds. The lowest BCUT2D eigenvalue weighted by Gasteiger charge is -2.30. The van der Waals surface area contributed by atoms with Crippen LogP contribution in [0.3, 0.4) is 0 Å². The molecule has 3 aromatic carbocycles. The van der Waals surface area contributed by atoms with Crippen molar-refractivity contribution in [3.8, 4) is 5.75 Å². The van der Waals surface area contributed by atoms with E-state index in [-0.39, 0.29) is 49.9 Å². The molecule has 1 fully saturated rings. The van der Waals surface area contributed by atoms with Gasteiger partial charge in [-0.15, -0.1) is 0 Å². The number of aryl methyl sites for hydroxylation is 1. The van der Waals surface area contributed by atoms with E-state index in [0.717, 1.165) is 28.2 Å². The molecule has 12 nitrogen and oxygen atoms in total. The molecule has 332 valence electrons. The van der Waals surface area contributed by atoms with Crippen molar-refractivity contribution in [2.24, 2.45) is 0 Å². The molecule has 61 heavy (non-hydrogen) atoms. The predicted molar refractivity (Wildman–Crippen MR) is 186 cm³/mol. The number of fused-ring (bicyclic) bond motifs is 1. The maximum absolute atomic E-state index is 13.7. The first-order valence-corrected chi connectivity index (χ1v) is 17.0. The van der Waals surface area contributed by atoms with Gasteiger partial charge < -0.3 is 20.3 Å². The number of alkyl halides is 12. The fourth-order valence-corrected chi connectivity index (χ4v) is 5.82. The monoisotopic (exact) mass is 888 g/mol. The second-order valence-electron chi connectivity index (χ2n) is 13.1. The van der Waals surface area contributed by atoms with Gasteiger partial charge in [-0.25, -0.2) is 15.1 Å². The first-order chi connectivity index (χ1) is 28.0. The first-order valence-electron chi connectivity index (χ1n) is 17.0. The van der Waals surface area contributed by atoms with Gasteiger partial charge in [0.2, 0.25) is 5.91 Å². The lowest BCUT2D eigenvalue weighted by molar-refractivity contribution is -0.193. The minimum atomic E-state index is -5.08. The van der Waals surface area contributed by atoms with Crippen molar-refractivity contribution >= 4 is 34.7 Å². The molecule has 4 aromatic rings. The molecular weight excluding hydrogens is 856 g/mol. The number of amides is 2. The minimum Gasteiger partial charge on any atom is -0.489 e. The zero-order chi connectivity index (χ0) is 46.1. The van der Waals surface area contributed by atoms with Crippen LogP contribution >= 0.6 is 0 Å². The van der Waals surface area contributed by atoms with E-state index in [1.807, 2.05) is 37.3 Å². The number of nitrogens with zero attached hydrogens (tertiary/aromatic N) is 2. The van der Waals surface area contributed by atoms with Crippen molar-refractivity contribution in [3.05, 3.63) is 106 Å². The number of carboxylic acids is 2. The molecule has 0 aliphatic carbocycles. The number of pyridine rings is 1. The van der Waals surface area contributed by atoms with Gasteiger partial charge in [-0.3, -0.25) is 24.7 Å². The maximum atomic E-state index is 13.7. The van der Waals surface area contributed by atoms with Gasteiger partial charge >= 0.3 is 36.6 Å². The Balaban J connectivity index is 0.000000609. The fourth-order valence-electron chi connectivity index (χ4n) is 5.82. The van der Waals surface area contributed by atoms with E-state index in [9.17, 15) is 62.3 Å². The maximum Gasteiger partial charge on any atom is 0.490 e. The number of aliphatic carboxylic acids is 2. The summed E-state index contributed by atoms with van der Waals surface area (Å²) < 4.78 is 150. The standard InChI is InChI=1S/C33H30F6N4O4.2C2HF3O2/c1-20-14-23(26-4-2-3-5-28(26)40-20)18-47-25-10-7-21(8-11-25)30(45)41-31(16-29(44)42-46)12-13-43(19-31)17-22-6-9-24(32(34,35)36)15-27(22)33(37,38)39;2*3-2(4,5)1(6)7/h2-11,14-15,46H,12-13,16-19H2,1H3,(H,41,45)(H,42,44);2*(H,6,7). The van der Waals surface area contributed by atoms with Crippen molar-refractivity contribution in [1.29, 1.82) is 0 Å². The number of hydrogen-bond donors (Lipinski definition) is 5. The van der Waals surface area contributed by atoms with E-state index < -0.39 is 71.5 Å². The molecule has 5 N–H and O–H groups in total. The summed E-state index contributed by atoms with van der Waals surface area (Å²) in [5, 5.41) is 27.2. The molecular formula is C37H32F12N4O8. The van der Waals surface area contributed by atoms with Gasteiger partial charge in [0.1, 0.15) is 12.4 Å². The molecule has 0 spiro atoms. The van der Waals surface area contributed by atoms with E-state index in [0.29, 0.717) is 11.8 Å². The van der Waals surface area contributed by atoms with Gasteiger partial charge in [0, 0.05) is 41.8 Å². The summed E-state index contributed by atoms with van der Waals surface area (Å²) in [6.45, 7) is 1.76. The van der Waals surface area contributed by atoms with Gasteiger partial charge in [0.15, 0.2) is 0 Å². The highest BCUT2D eigenvalue weighted by Gasteiger charge is 2.43. The lowest BCUT2D eigenvalue weighted by atomic mass is 9.93. The van der Waals surface area contributed by atoms with Gasteiger partial charge in [0.05, 0.1) is 28.6 Å². The van der Waals surface area contributed by atoms with Crippen LogP contribution < -0.4 is 15.5 Å². The third-order valence-electron chi connectivity index (χ3n) is 8.50. The van der Waals surface area contributed by atoms with Crippen LogP contribution in [0.5, 0.6) is 5.75 Å². The van der Waals surface area contributed by atoms with Crippen LogP contribution in [-0.2, 0) is 39.9 Å². The van der Waals surface area contributed by atoms with Gasteiger partial charge in [-0.2, -0.15) is 52.7 Å². The van der Waals surface area contributed by atoms with Gasteiger partial charge in [-0.05, 0) is 67.4 Å².